The molecule has 6 nitrogen and oxygen atoms in total. The first kappa shape index (κ1) is 18.0. The molecule has 0 radical (unpaired) electrons. The van der Waals surface area contributed by atoms with Crippen molar-refractivity contribution in [1.82, 2.24) is 4.98 Å². The summed E-state index contributed by atoms with van der Waals surface area (Å²) in [5, 5.41) is 3.21. The molecule has 1 saturated heterocycles. The van der Waals surface area contributed by atoms with Gasteiger partial charge < -0.3 is 20.9 Å². The monoisotopic (exact) mass is 380 g/mol. The van der Waals surface area contributed by atoms with Crippen LogP contribution in [0.4, 0.5) is 15.8 Å². The molecular weight excluding hydrogens is 359 g/mol. The number of hydrogen-bond acceptors (Lipinski definition) is 3. The van der Waals surface area contributed by atoms with E-state index in [2.05, 4.69) is 15.2 Å². The minimum absolute atomic E-state index is 0.245. The molecule has 4 N–H and O–H groups in total. The van der Waals surface area contributed by atoms with Gasteiger partial charge in [0.2, 0.25) is 5.91 Å². The molecule has 3 aromatic rings. The molecule has 144 valence electrons. The van der Waals surface area contributed by atoms with Crippen LogP contribution in [0.3, 0.4) is 0 Å². The highest BCUT2D eigenvalue weighted by molar-refractivity contribution is 6.08. The van der Waals surface area contributed by atoms with Gasteiger partial charge in [0.1, 0.15) is 11.5 Å². The van der Waals surface area contributed by atoms with Crippen LogP contribution in [0.15, 0.2) is 42.5 Å². The predicted molar refractivity (Wildman–Crippen MR) is 107 cm³/mol. The lowest BCUT2D eigenvalue weighted by Gasteiger charge is -2.30. The molecule has 28 heavy (non-hydrogen) atoms. The van der Waals surface area contributed by atoms with E-state index in [1.54, 1.807) is 24.3 Å². The van der Waals surface area contributed by atoms with Crippen molar-refractivity contribution in [2.24, 2.45) is 5.73 Å². The van der Waals surface area contributed by atoms with Crippen molar-refractivity contribution in [2.45, 2.75) is 19.3 Å². The normalized spacial score (nSPS) is 14.2. The Labute approximate surface area is 161 Å². The quantitative estimate of drug-likeness (QED) is 0.645. The highest BCUT2D eigenvalue weighted by Gasteiger charge is 2.19. The summed E-state index contributed by atoms with van der Waals surface area (Å²) in [6.07, 6.45) is 3.33. The molecule has 0 unspecified atom stereocenters. The summed E-state index contributed by atoms with van der Waals surface area (Å²) in [5.41, 5.74) is 7.88. The van der Waals surface area contributed by atoms with Crippen molar-refractivity contribution < 1.29 is 14.0 Å². The summed E-state index contributed by atoms with van der Waals surface area (Å²) in [6, 6.07) is 11.2. The molecule has 2 heterocycles. The van der Waals surface area contributed by atoms with Gasteiger partial charge in [0, 0.05) is 29.6 Å². The van der Waals surface area contributed by atoms with Gasteiger partial charge in [0.15, 0.2) is 0 Å². The first-order chi connectivity index (χ1) is 13.5. The van der Waals surface area contributed by atoms with E-state index in [1.807, 2.05) is 6.07 Å². The zero-order valence-corrected chi connectivity index (χ0v) is 15.3. The molecule has 1 aliphatic rings. The number of anilines is 2. The van der Waals surface area contributed by atoms with E-state index in [1.165, 1.54) is 18.6 Å². The maximum Gasteiger partial charge on any atom is 0.272 e. The van der Waals surface area contributed by atoms with Crippen LogP contribution in [0.5, 0.6) is 0 Å². The number of piperidine rings is 1. The van der Waals surface area contributed by atoms with Gasteiger partial charge in [-0.2, -0.15) is 0 Å². The lowest BCUT2D eigenvalue weighted by molar-refractivity contribution is 0.0995. The third kappa shape index (κ3) is 3.43. The average Bonchev–Trinajstić information content (AvgIpc) is 3.14. The van der Waals surface area contributed by atoms with E-state index < -0.39 is 17.6 Å². The number of halogens is 1. The molecule has 2 amide bonds. The summed E-state index contributed by atoms with van der Waals surface area (Å²) in [5.74, 6) is -1.36. The molecule has 7 heteroatoms. The Kier molecular flexibility index (Phi) is 4.73. The molecule has 0 spiro atoms. The molecule has 2 aromatic carbocycles. The van der Waals surface area contributed by atoms with Crippen molar-refractivity contribution in [2.75, 3.05) is 23.3 Å². The van der Waals surface area contributed by atoms with Crippen LogP contribution in [-0.2, 0) is 0 Å². The third-order valence-electron chi connectivity index (χ3n) is 5.08. The summed E-state index contributed by atoms with van der Waals surface area (Å²) >= 11 is 0. The Morgan fingerprint density at radius 2 is 1.86 bits per heavy atom. The average molecular weight is 380 g/mol. The molecule has 0 atom stereocenters. The van der Waals surface area contributed by atoms with Crippen LogP contribution in [0.2, 0.25) is 0 Å². The summed E-state index contributed by atoms with van der Waals surface area (Å²) in [6.45, 7) is 1.77. The van der Waals surface area contributed by atoms with E-state index in [0.717, 1.165) is 31.6 Å². The van der Waals surface area contributed by atoms with Crippen molar-refractivity contribution in [3.05, 3.63) is 59.5 Å². The van der Waals surface area contributed by atoms with E-state index in [4.69, 9.17) is 5.73 Å². The minimum Gasteiger partial charge on any atom is -0.370 e. The Morgan fingerprint density at radius 3 is 2.57 bits per heavy atom. The predicted octanol–water partition coefficient (Wildman–Crippen LogP) is 3.65. The fourth-order valence-electron chi connectivity index (χ4n) is 3.63. The number of fused-ring (bicyclic) bond motifs is 1. The van der Waals surface area contributed by atoms with Gasteiger partial charge in [0.25, 0.3) is 5.91 Å². The first-order valence-electron chi connectivity index (χ1n) is 9.30. The summed E-state index contributed by atoms with van der Waals surface area (Å²) in [7, 11) is 0. The number of carbonyl (C=O) groups is 2. The number of carbonyl (C=O) groups excluding carboxylic acids is 2. The third-order valence-corrected chi connectivity index (χ3v) is 5.08. The van der Waals surface area contributed by atoms with E-state index in [9.17, 15) is 14.0 Å². The Bertz CT molecular complexity index is 1050. The van der Waals surface area contributed by atoms with Crippen molar-refractivity contribution in [3.63, 3.8) is 0 Å². The molecule has 1 fully saturated rings. The number of aromatic nitrogens is 1. The number of nitrogens with zero attached hydrogens (tertiary/aromatic N) is 1. The largest absolute Gasteiger partial charge is 0.370 e. The maximum atomic E-state index is 13.9. The summed E-state index contributed by atoms with van der Waals surface area (Å²) < 4.78 is 13.9. The number of benzene rings is 2. The van der Waals surface area contributed by atoms with Crippen molar-refractivity contribution >= 4 is 34.1 Å². The van der Waals surface area contributed by atoms with Gasteiger partial charge in [0.05, 0.1) is 11.4 Å². The molecule has 0 saturated carbocycles. The lowest BCUT2D eigenvalue weighted by Crippen LogP contribution is -2.30. The molecule has 1 aliphatic heterocycles. The van der Waals surface area contributed by atoms with E-state index in [-0.39, 0.29) is 5.69 Å². The van der Waals surface area contributed by atoms with Gasteiger partial charge in [-0.05, 0) is 55.7 Å². The highest BCUT2D eigenvalue weighted by Crippen LogP contribution is 2.30. The zero-order chi connectivity index (χ0) is 19.7. The molecule has 0 aliphatic carbocycles. The second kappa shape index (κ2) is 7.34. The Hall–Kier alpha value is -3.35. The number of hydrogen-bond donors (Lipinski definition) is 3. The van der Waals surface area contributed by atoms with E-state index >= 15 is 0 Å². The van der Waals surface area contributed by atoms with Gasteiger partial charge in [-0.25, -0.2) is 4.39 Å². The van der Waals surface area contributed by atoms with Gasteiger partial charge in [-0.15, -0.1) is 0 Å². The van der Waals surface area contributed by atoms with Gasteiger partial charge in [-0.1, -0.05) is 6.07 Å². The molecule has 0 bridgehead atoms. The van der Waals surface area contributed by atoms with Crippen LogP contribution in [0.1, 0.15) is 40.1 Å². The fraction of sp³-hybridized carbons (Fsp3) is 0.238. The molecule has 4 rings (SSSR count). The SMILES string of the molecule is NC(=O)c1ccc(N2CCCCC2)c(NC(=O)c2cc3c(F)cccc3[nH]2)c1. The number of primary amides is 1. The number of aromatic amines is 1. The van der Waals surface area contributed by atoms with E-state index in [0.29, 0.717) is 22.2 Å². The molecule has 1 aromatic heterocycles. The smallest absolute Gasteiger partial charge is 0.272 e. The fourth-order valence-corrected chi connectivity index (χ4v) is 3.63. The second-order valence-corrected chi connectivity index (χ2v) is 6.98. The standard InChI is InChI=1S/C21H21FN4O2/c22-15-5-4-6-16-14(15)12-18(24-16)21(28)25-17-11-13(20(23)27)7-8-19(17)26-9-2-1-3-10-26/h4-8,11-12,24H,1-3,9-10H2,(H2,23,27)(H,25,28). The van der Waals surface area contributed by atoms with Crippen LogP contribution < -0.4 is 16.0 Å². The zero-order valence-electron chi connectivity index (χ0n) is 15.3. The van der Waals surface area contributed by atoms with Crippen LogP contribution >= 0.6 is 0 Å². The maximum absolute atomic E-state index is 13.9. The van der Waals surface area contributed by atoms with Gasteiger partial charge in [-0.3, -0.25) is 9.59 Å². The van der Waals surface area contributed by atoms with Crippen LogP contribution in [0.25, 0.3) is 10.9 Å². The number of rotatable bonds is 4. The Morgan fingerprint density at radius 1 is 1.07 bits per heavy atom. The molecular formula is C21H21FN4O2. The number of nitrogens with one attached hydrogen (secondary N) is 2. The van der Waals surface area contributed by atoms with Gasteiger partial charge >= 0.3 is 0 Å². The topological polar surface area (TPSA) is 91.2 Å². The van der Waals surface area contributed by atoms with Crippen LogP contribution in [0, 0.1) is 5.82 Å². The number of nitrogens with two attached hydrogens (primary N) is 1. The highest BCUT2D eigenvalue weighted by atomic mass is 19.1. The van der Waals surface area contributed by atoms with Crippen molar-refractivity contribution in [1.29, 1.82) is 0 Å². The van der Waals surface area contributed by atoms with Crippen LogP contribution in [-0.4, -0.2) is 29.9 Å². The Balaban J connectivity index is 1.68. The minimum atomic E-state index is -0.562. The number of H-pyrrole nitrogens is 1. The van der Waals surface area contributed by atoms with Crippen molar-refractivity contribution in [3.8, 4) is 0 Å². The first-order valence-corrected chi connectivity index (χ1v) is 9.30. The lowest BCUT2D eigenvalue weighted by atomic mass is 10.1. The number of amides is 2. The second-order valence-electron chi connectivity index (χ2n) is 6.98. The summed E-state index contributed by atoms with van der Waals surface area (Å²) in [4.78, 5) is 29.5.